The zero-order valence-corrected chi connectivity index (χ0v) is 6.12. The molecule has 1 fully saturated rings. The molecule has 1 saturated heterocycles. The van der Waals surface area contributed by atoms with Gasteiger partial charge in [0.25, 0.3) is 0 Å². The summed E-state index contributed by atoms with van der Waals surface area (Å²) in [5.74, 6) is -0.104. The number of fused-ring (bicyclic) bond motifs is 1. The summed E-state index contributed by atoms with van der Waals surface area (Å²) in [6.07, 6.45) is 3.82. The summed E-state index contributed by atoms with van der Waals surface area (Å²) in [6.45, 7) is 0.584. The summed E-state index contributed by atoms with van der Waals surface area (Å²) >= 11 is 0. The van der Waals surface area contributed by atoms with E-state index in [-0.39, 0.29) is 5.78 Å². The van der Waals surface area contributed by atoms with Crippen molar-refractivity contribution in [3.8, 4) is 0 Å². The fourth-order valence-corrected chi connectivity index (χ4v) is 1.64. The molecule has 0 amide bonds. The highest BCUT2D eigenvalue weighted by Crippen LogP contribution is 2.31. The highest BCUT2D eigenvalue weighted by Gasteiger charge is 2.45. The zero-order chi connectivity index (χ0) is 7.90. The first-order chi connectivity index (χ1) is 5.22. The molecule has 1 aliphatic heterocycles. The van der Waals surface area contributed by atoms with Crippen molar-refractivity contribution in [2.24, 2.45) is 0 Å². The normalized spacial score (nSPS) is 42.6. The Bertz CT molecular complexity index is 221. The van der Waals surface area contributed by atoms with E-state index in [1.54, 1.807) is 6.08 Å². The molecule has 1 N–H and O–H groups in total. The van der Waals surface area contributed by atoms with E-state index in [9.17, 15) is 9.90 Å². The Hall–Kier alpha value is -0.670. The van der Waals surface area contributed by atoms with E-state index in [2.05, 4.69) is 0 Å². The van der Waals surface area contributed by atoms with Crippen molar-refractivity contribution in [1.29, 1.82) is 0 Å². The minimum Gasteiger partial charge on any atom is -0.383 e. The van der Waals surface area contributed by atoms with Crippen LogP contribution in [-0.4, -0.2) is 29.2 Å². The number of rotatable bonds is 0. The van der Waals surface area contributed by atoms with Gasteiger partial charge in [0.2, 0.25) is 0 Å². The SMILES string of the molecule is O=C1C=C[C@@]2(O)CCCO[C@@H]12. The molecule has 0 saturated carbocycles. The van der Waals surface area contributed by atoms with Gasteiger partial charge in [-0.3, -0.25) is 4.79 Å². The van der Waals surface area contributed by atoms with Crippen molar-refractivity contribution in [3.63, 3.8) is 0 Å². The predicted octanol–water partition coefficient (Wildman–Crippen LogP) is 0.0354. The molecule has 0 spiro atoms. The van der Waals surface area contributed by atoms with Crippen molar-refractivity contribution in [3.05, 3.63) is 12.2 Å². The second-order valence-corrected chi connectivity index (χ2v) is 3.08. The van der Waals surface area contributed by atoms with Crippen molar-refractivity contribution in [2.75, 3.05) is 6.61 Å². The number of ether oxygens (including phenoxy) is 1. The number of aliphatic hydroxyl groups is 1. The lowest BCUT2D eigenvalue weighted by atomic mass is 9.92. The number of hydrogen-bond donors (Lipinski definition) is 1. The topological polar surface area (TPSA) is 46.5 Å². The standard InChI is InChI=1S/C8H10O3/c9-6-2-4-8(10)3-1-5-11-7(6)8/h2,4,7,10H,1,3,5H2/t7-,8-/m0/s1. The van der Waals surface area contributed by atoms with Gasteiger partial charge in [0.15, 0.2) is 11.9 Å². The maximum atomic E-state index is 11.0. The molecule has 0 aromatic rings. The predicted molar refractivity (Wildman–Crippen MR) is 38.1 cm³/mol. The Balaban J connectivity index is 2.27. The van der Waals surface area contributed by atoms with E-state index in [0.29, 0.717) is 13.0 Å². The largest absolute Gasteiger partial charge is 0.383 e. The molecule has 0 radical (unpaired) electrons. The van der Waals surface area contributed by atoms with Crippen LogP contribution in [0.4, 0.5) is 0 Å². The molecule has 2 aliphatic rings. The van der Waals surface area contributed by atoms with Crippen molar-refractivity contribution in [1.82, 2.24) is 0 Å². The van der Waals surface area contributed by atoms with Gasteiger partial charge in [-0.15, -0.1) is 0 Å². The van der Waals surface area contributed by atoms with E-state index in [1.165, 1.54) is 6.08 Å². The molecule has 1 heterocycles. The van der Waals surface area contributed by atoms with E-state index in [1.807, 2.05) is 0 Å². The molecule has 0 unspecified atom stereocenters. The first kappa shape index (κ1) is 7.00. The van der Waals surface area contributed by atoms with Crippen LogP contribution in [0.15, 0.2) is 12.2 Å². The smallest absolute Gasteiger partial charge is 0.187 e. The lowest BCUT2D eigenvalue weighted by Crippen LogP contribution is -2.46. The van der Waals surface area contributed by atoms with Gasteiger partial charge in [0.1, 0.15) is 5.60 Å². The van der Waals surface area contributed by atoms with Gasteiger partial charge in [0.05, 0.1) is 0 Å². The van der Waals surface area contributed by atoms with E-state index < -0.39 is 11.7 Å². The first-order valence-electron chi connectivity index (χ1n) is 3.79. The second-order valence-electron chi connectivity index (χ2n) is 3.08. The van der Waals surface area contributed by atoms with Crippen LogP contribution >= 0.6 is 0 Å². The van der Waals surface area contributed by atoms with Gasteiger partial charge >= 0.3 is 0 Å². The molecule has 11 heavy (non-hydrogen) atoms. The summed E-state index contributed by atoms with van der Waals surface area (Å²) in [5.41, 5.74) is -0.991. The van der Waals surface area contributed by atoms with E-state index >= 15 is 0 Å². The van der Waals surface area contributed by atoms with Crippen LogP contribution in [0.3, 0.4) is 0 Å². The molecule has 3 nitrogen and oxygen atoms in total. The summed E-state index contributed by atoms with van der Waals surface area (Å²) < 4.78 is 5.16. The number of carbonyl (C=O) groups excluding carboxylic acids is 1. The number of ketones is 1. The molecule has 2 atom stereocenters. The lowest BCUT2D eigenvalue weighted by molar-refractivity contribution is -0.146. The molecule has 3 heteroatoms. The summed E-state index contributed by atoms with van der Waals surface area (Å²) in [5, 5.41) is 9.75. The van der Waals surface area contributed by atoms with Crippen molar-refractivity contribution < 1.29 is 14.6 Å². The Morgan fingerprint density at radius 1 is 1.73 bits per heavy atom. The van der Waals surface area contributed by atoms with Crippen LogP contribution in [0, 0.1) is 0 Å². The van der Waals surface area contributed by atoms with E-state index in [0.717, 1.165) is 6.42 Å². The summed E-state index contributed by atoms with van der Waals surface area (Å²) in [4.78, 5) is 11.0. The maximum Gasteiger partial charge on any atom is 0.187 e. The average molecular weight is 154 g/mol. The van der Waals surface area contributed by atoms with Gasteiger partial charge in [-0.25, -0.2) is 0 Å². The van der Waals surface area contributed by atoms with Crippen LogP contribution in [0.5, 0.6) is 0 Å². The molecule has 60 valence electrons. The average Bonchev–Trinajstić information content (AvgIpc) is 2.29. The third-order valence-corrected chi connectivity index (χ3v) is 2.25. The highest BCUT2D eigenvalue weighted by molar-refractivity contribution is 5.98. The van der Waals surface area contributed by atoms with Crippen LogP contribution < -0.4 is 0 Å². The minimum atomic E-state index is -0.991. The van der Waals surface area contributed by atoms with Crippen LogP contribution in [0.1, 0.15) is 12.8 Å². The van der Waals surface area contributed by atoms with Crippen LogP contribution in [-0.2, 0) is 9.53 Å². The Morgan fingerprint density at radius 3 is 3.27 bits per heavy atom. The van der Waals surface area contributed by atoms with Gasteiger partial charge in [-0.05, 0) is 25.0 Å². The molecule has 0 aromatic heterocycles. The highest BCUT2D eigenvalue weighted by atomic mass is 16.5. The lowest BCUT2D eigenvalue weighted by Gasteiger charge is -2.32. The van der Waals surface area contributed by atoms with Crippen LogP contribution in [0.2, 0.25) is 0 Å². The molecule has 0 aromatic carbocycles. The third kappa shape index (κ3) is 0.921. The Labute approximate surface area is 64.7 Å². The summed E-state index contributed by atoms with van der Waals surface area (Å²) in [6, 6.07) is 0. The Morgan fingerprint density at radius 2 is 2.55 bits per heavy atom. The molecule has 2 rings (SSSR count). The minimum absolute atomic E-state index is 0.104. The monoisotopic (exact) mass is 154 g/mol. The molecule has 1 aliphatic carbocycles. The number of carbonyl (C=O) groups is 1. The zero-order valence-electron chi connectivity index (χ0n) is 6.12. The van der Waals surface area contributed by atoms with E-state index in [4.69, 9.17) is 4.74 Å². The van der Waals surface area contributed by atoms with Crippen LogP contribution in [0.25, 0.3) is 0 Å². The second kappa shape index (κ2) is 2.16. The van der Waals surface area contributed by atoms with Gasteiger partial charge in [-0.2, -0.15) is 0 Å². The quantitative estimate of drug-likeness (QED) is 0.535. The van der Waals surface area contributed by atoms with Gasteiger partial charge < -0.3 is 9.84 Å². The fourth-order valence-electron chi connectivity index (χ4n) is 1.64. The molecular formula is C8H10O3. The molecular weight excluding hydrogens is 144 g/mol. The molecule has 0 bridgehead atoms. The Kier molecular flexibility index (Phi) is 1.37. The van der Waals surface area contributed by atoms with Gasteiger partial charge in [-0.1, -0.05) is 0 Å². The van der Waals surface area contributed by atoms with Gasteiger partial charge in [0, 0.05) is 6.61 Å². The van der Waals surface area contributed by atoms with Crippen molar-refractivity contribution in [2.45, 2.75) is 24.5 Å². The number of hydrogen-bond acceptors (Lipinski definition) is 3. The van der Waals surface area contributed by atoms with Crippen molar-refractivity contribution >= 4 is 5.78 Å². The maximum absolute atomic E-state index is 11.0. The first-order valence-corrected chi connectivity index (χ1v) is 3.79. The fraction of sp³-hybridized carbons (Fsp3) is 0.625. The third-order valence-electron chi connectivity index (χ3n) is 2.25. The summed E-state index contributed by atoms with van der Waals surface area (Å²) in [7, 11) is 0.